The molecule has 0 aliphatic heterocycles. The lowest BCUT2D eigenvalue weighted by atomic mass is 9.96. The fraction of sp³-hybridized carbons (Fsp3) is 0.438. The highest BCUT2D eigenvalue weighted by atomic mass is 19.1. The molecule has 0 amide bonds. The Labute approximate surface area is 123 Å². The topological polar surface area (TPSA) is 53.1 Å². The Bertz CT molecular complexity index is 632. The van der Waals surface area contributed by atoms with Gasteiger partial charge in [-0.1, -0.05) is 19.3 Å². The van der Waals surface area contributed by atoms with E-state index < -0.39 is 5.82 Å². The van der Waals surface area contributed by atoms with Crippen LogP contribution in [0.25, 0.3) is 11.3 Å². The highest BCUT2D eigenvalue weighted by molar-refractivity contribution is 5.72. The lowest BCUT2D eigenvalue weighted by Crippen LogP contribution is -2.13. The molecule has 4 nitrogen and oxygen atoms in total. The predicted molar refractivity (Wildman–Crippen MR) is 80.7 cm³/mol. The van der Waals surface area contributed by atoms with E-state index in [1.165, 1.54) is 32.4 Å². The summed E-state index contributed by atoms with van der Waals surface area (Å²) < 4.78 is 20.7. The number of hydrogen-bond donors (Lipinski definition) is 1. The zero-order chi connectivity index (χ0) is 14.8. The van der Waals surface area contributed by atoms with E-state index >= 15 is 0 Å². The van der Waals surface area contributed by atoms with E-state index in [1.807, 2.05) is 10.9 Å². The van der Waals surface area contributed by atoms with Crippen molar-refractivity contribution in [3.63, 3.8) is 0 Å². The van der Waals surface area contributed by atoms with Gasteiger partial charge in [0, 0.05) is 11.8 Å². The smallest absolute Gasteiger partial charge is 0.165 e. The third-order valence-electron chi connectivity index (χ3n) is 4.13. The molecule has 1 heterocycles. The summed E-state index contributed by atoms with van der Waals surface area (Å²) in [5.41, 5.74) is 7.97. The SMILES string of the molecule is COc1ccc(-c2nn(C3CCCCC3)cc2N)cc1F. The molecule has 1 aromatic heterocycles. The summed E-state index contributed by atoms with van der Waals surface area (Å²) in [4.78, 5) is 0. The summed E-state index contributed by atoms with van der Waals surface area (Å²) in [5.74, 6) is -0.175. The van der Waals surface area contributed by atoms with Crippen molar-refractivity contribution >= 4 is 5.69 Å². The molecule has 5 heteroatoms. The van der Waals surface area contributed by atoms with Crippen LogP contribution in [0.3, 0.4) is 0 Å². The average molecular weight is 289 g/mol. The number of methoxy groups -OCH3 is 1. The van der Waals surface area contributed by atoms with Crippen molar-refractivity contribution in [2.45, 2.75) is 38.1 Å². The van der Waals surface area contributed by atoms with Crippen LogP contribution < -0.4 is 10.5 Å². The maximum atomic E-state index is 13.8. The molecule has 0 bridgehead atoms. The standard InChI is InChI=1S/C16H20FN3O/c1-21-15-8-7-11(9-13(15)17)16-14(18)10-20(19-16)12-5-3-2-4-6-12/h7-10,12H,2-6,18H2,1H3. The highest BCUT2D eigenvalue weighted by Crippen LogP contribution is 2.32. The van der Waals surface area contributed by atoms with Crippen LogP contribution in [0.15, 0.2) is 24.4 Å². The number of rotatable bonds is 3. The first-order chi connectivity index (χ1) is 10.2. The van der Waals surface area contributed by atoms with Crippen molar-refractivity contribution in [1.29, 1.82) is 0 Å². The first-order valence-corrected chi connectivity index (χ1v) is 7.37. The second-order valence-electron chi connectivity index (χ2n) is 5.55. The van der Waals surface area contributed by atoms with E-state index in [0.29, 0.717) is 23.0 Å². The minimum atomic E-state index is -0.401. The van der Waals surface area contributed by atoms with Crippen LogP contribution in [0.5, 0.6) is 5.75 Å². The quantitative estimate of drug-likeness (QED) is 0.935. The Morgan fingerprint density at radius 1 is 1.29 bits per heavy atom. The van der Waals surface area contributed by atoms with Crippen LogP contribution in [-0.4, -0.2) is 16.9 Å². The van der Waals surface area contributed by atoms with Crippen LogP contribution >= 0.6 is 0 Å². The molecule has 1 aromatic carbocycles. The highest BCUT2D eigenvalue weighted by Gasteiger charge is 2.19. The number of halogens is 1. The van der Waals surface area contributed by atoms with E-state index in [9.17, 15) is 4.39 Å². The fourth-order valence-corrected chi connectivity index (χ4v) is 2.98. The van der Waals surface area contributed by atoms with Crippen molar-refractivity contribution in [2.24, 2.45) is 0 Å². The number of hydrogen-bond acceptors (Lipinski definition) is 3. The molecule has 0 atom stereocenters. The molecule has 21 heavy (non-hydrogen) atoms. The molecule has 0 unspecified atom stereocenters. The number of nitrogens with zero attached hydrogens (tertiary/aromatic N) is 2. The molecule has 1 fully saturated rings. The van der Waals surface area contributed by atoms with E-state index in [0.717, 1.165) is 12.8 Å². The summed E-state index contributed by atoms with van der Waals surface area (Å²) in [6.07, 6.45) is 7.90. The monoisotopic (exact) mass is 289 g/mol. The van der Waals surface area contributed by atoms with Crippen LogP contribution in [-0.2, 0) is 0 Å². The Hall–Kier alpha value is -2.04. The molecule has 0 radical (unpaired) electrons. The van der Waals surface area contributed by atoms with Gasteiger partial charge in [-0.05, 0) is 31.0 Å². The second kappa shape index (κ2) is 5.76. The number of benzene rings is 1. The Morgan fingerprint density at radius 3 is 2.71 bits per heavy atom. The Kier molecular flexibility index (Phi) is 3.82. The van der Waals surface area contributed by atoms with Gasteiger partial charge in [0.1, 0.15) is 5.69 Å². The van der Waals surface area contributed by atoms with Gasteiger partial charge < -0.3 is 10.5 Å². The van der Waals surface area contributed by atoms with Gasteiger partial charge in [0.2, 0.25) is 0 Å². The second-order valence-corrected chi connectivity index (χ2v) is 5.55. The van der Waals surface area contributed by atoms with E-state index in [2.05, 4.69) is 5.10 Å². The molecule has 112 valence electrons. The van der Waals surface area contributed by atoms with Crippen LogP contribution in [0.4, 0.5) is 10.1 Å². The van der Waals surface area contributed by atoms with Gasteiger partial charge in [0.25, 0.3) is 0 Å². The molecule has 1 aliphatic carbocycles. The predicted octanol–water partition coefficient (Wildman–Crippen LogP) is 3.79. The summed E-state index contributed by atoms with van der Waals surface area (Å²) in [5, 5.41) is 4.58. The Balaban J connectivity index is 1.91. The van der Waals surface area contributed by atoms with Crippen molar-refractivity contribution in [3.05, 3.63) is 30.2 Å². The summed E-state index contributed by atoms with van der Waals surface area (Å²) in [6.45, 7) is 0. The molecule has 1 saturated carbocycles. The average Bonchev–Trinajstić information content (AvgIpc) is 2.90. The molecule has 3 rings (SSSR count). The van der Waals surface area contributed by atoms with Crippen molar-refractivity contribution in [1.82, 2.24) is 9.78 Å². The normalized spacial score (nSPS) is 16.1. The van der Waals surface area contributed by atoms with Gasteiger partial charge in [0.15, 0.2) is 11.6 Å². The number of nitrogen functional groups attached to an aromatic ring is 1. The molecule has 0 saturated heterocycles. The van der Waals surface area contributed by atoms with Gasteiger partial charge in [0.05, 0.1) is 18.8 Å². The molecule has 2 N–H and O–H groups in total. The van der Waals surface area contributed by atoms with Crippen LogP contribution in [0.1, 0.15) is 38.1 Å². The first-order valence-electron chi connectivity index (χ1n) is 7.37. The summed E-state index contributed by atoms with van der Waals surface area (Å²) in [6, 6.07) is 5.22. The van der Waals surface area contributed by atoms with Crippen molar-refractivity contribution in [2.75, 3.05) is 12.8 Å². The van der Waals surface area contributed by atoms with Gasteiger partial charge in [-0.25, -0.2) is 4.39 Å². The molecule has 0 spiro atoms. The first kappa shape index (κ1) is 13.9. The molecule has 1 aliphatic rings. The van der Waals surface area contributed by atoms with Gasteiger partial charge in [-0.15, -0.1) is 0 Å². The maximum Gasteiger partial charge on any atom is 0.165 e. The molecule has 2 aromatic rings. The Morgan fingerprint density at radius 2 is 2.05 bits per heavy atom. The molecular weight excluding hydrogens is 269 g/mol. The van der Waals surface area contributed by atoms with Crippen LogP contribution in [0, 0.1) is 5.82 Å². The van der Waals surface area contributed by atoms with E-state index in [4.69, 9.17) is 10.5 Å². The largest absolute Gasteiger partial charge is 0.494 e. The minimum Gasteiger partial charge on any atom is -0.494 e. The number of anilines is 1. The lowest BCUT2D eigenvalue weighted by Gasteiger charge is -2.21. The third kappa shape index (κ3) is 2.73. The van der Waals surface area contributed by atoms with E-state index in [-0.39, 0.29) is 5.75 Å². The zero-order valence-corrected chi connectivity index (χ0v) is 12.2. The zero-order valence-electron chi connectivity index (χ0n) is 12.2. The number of ether oxygens (including phenoxy) is 1. The van der Waals surface area contributed by atoms with Gasteiger partial charge >= 0.3 is 0 Å². The number of nitrogens with two attached hydrogens (primary N) is 1. The van der Waals surface area contributed by atoms with Crippen LogP contribution in [0.2, 0.25) is 0 Å². The number of aromatic nitrogens is 2. The van der Waals surface area contributed by atoms with Gasteiger partial charge in [-0.2, -0.15) is 5.10 Å². The third-order valence-corrected chi connectivity index (χ3v) is 4.13. The van der Waals surface area contributed by atoms with Crippen molar-refractivity contribution in [3.8, 4) is 17.0 Å². The van der Waals surface area contributed by atoms with Gasteiger partial charge in [-0.3, -0.25) is 4.68 Å². The van der Waals surface area contributed by atoms with E-state index in [1.54, 1.807) is 12.1 Å². The molecular formula is C16H20FN3O. The van der Waals surface area contributed by atoms with Crippen molar-refractivity contribution < 1.29 is 9.13 Å². The minimum absolute atomic E-state index is 0.226. The maximum absolute atomic E-state index is 13.8. The lowest BCUT2D eigenvalue weighted by molar-refractivity contribution is 0.330. The fourth-order valence-electron chi connectivity index (χ4n) is 2.98. The summed E-state index contributed by atoms with van der Waals surface area (Å²) >= 11 is 0. The summed E-state index contributed by atoms with van der Waals surface area (Å²) in [7, 11) is 1.45.